The fourth-order valence-corrected chi connectivity index (χ4v) is 3.86. The molecule has 0 aliphatic carbocycles. The van der Waals surface area contributed by atoms with Crippen LogP contribution in [0.3, 0.4) is 0 Å². The molecule has 0 heterocycles. The van der Waals surface area contributed by atoms with Crippen LogP contribution in [0.15, 0.2) is 36.5 Å². The van der Waals surface area contributed by atoms with Crippen molar-refractivity contribution in [2.24, 2.45) is 0 Å². The Morgan fingerprint density at radius 2 is 1.80 bits per heavy atom. The molecule has 35 heavy (non-hydrogen) atoms. The minimum atomic E-state index is -1.39. The molecule has 2 rings (SSSR count). The summed E-state index contributed by atoms with van der Waals surface area (Å²) in [6, 6.07) is 6.57. The van der Waals surface area contributed by atoms with E-state index < -0.39 is 16.8 Å². The number of aryl methyl sites for hydroxylation is 1. The number of carbonyl (C=O) groups excluding carboxylic acids is 2. The van der Waals surface area contributed by atoms with Crippen LogP contribution in [0.1, 0.15) is 43.0 Å². The topological polar surface area (TPSA) is 87.7 Å². The van der Waals surface area contributed by atoms with Crippen LogP contribution in [0.4, 0.5) is 15.8 Å². The van der Waals surface area contributed by atoms with Gasteiger partial charge in [0.15, 0.2) is 0 Å². The van der Waals surface area contributed by atoms with E-state index in [0.717, 1.165) is 11.1 Å². The fraction of sp³-hybridized carbons (Fsp3) is 0.308. The lowest BCUT2D eigenvalue weighted by atomic mass is 9.84. The lowest BCUT2D eigenvalue weighted by Gasteiger charge is -2.26. The standard InChI is InChI=1S/C26H32FN3O4S/c1-17-12-23(29-35(7)33)22(27)14-18(17)8-9-19-13-20(30(16-31)11-10-24(32)28-5)15-21(25(19)34-6)26(2,3)4/h8-16,29H,1-7H3,(H,28,32)/b9-8+,11-10-. The monoisotopic (exact) mass is 501 g/mol. The number of amides is 2. The van der Waals surface area contributed by atoms with Crippen LogP contribution in [0, 0.1) is 12.7 Å². The number of nitrogens with one attached hydrogen (secondary N) is 2. The number of hydrogen-bond donors (Lipinski definition) is 2. The Labute approximate surface area is 208 Å². The molecule has 188 valence electrons. The molecule has 7 nitrogen and oxygen atoms in total. The maximum absolute atomic E-state index is 14.5. The average Bonchev–Trinajstić information content (AvgIpc) is 2.79. The number of ether oxygens (including phenoxy) is 1. The fourth-order valence-electron chi connectivity index (χ4n) is 3.40. The van der Waals surface area contributed by atoms with Crippen LogP contribution in [0.25, 0.3) is 12.2 Å². The van der Waals surface area contributed by atoms with Gasteiger partial charge in [-0.25, -0.2) is 8.60 Å². The van der Waals surface area contributed by atoms with Crippen molar-refractivity contribution in [1.82, 2.24) is 5.32 Å². The Kier molecular flexibility index (Phi) is 9.36. The molecule has 1 unspecified atom stereocenters. The Bertz CT molecular complexity index is 1190. The van der Waals surface area contributed by atoms with Crippen molar-refractivity contribution >= 4 is 46.8 Å². The van der Waals surface area contributed by atoms with Gasteiger partial charge in [-0.3, -0.25) is 14.5 Å². The summed E-state index contributed by atoms with van der Waals surface area (Å²) < 4.78 is 34.3. The highest BCUT2D eigenvalue weighted by atomic mass is 32.2. The van der Waals surface area contributed by atoms with E-state index in [4.69, 9.17) is 4.74 Å². The number of likely N-dealkylation sites (N-methyl/N-ethyl adjacent to an activating group) is 1. The predicted molar refractivity (Wildman–Crippen MR) is 141 cm³/mol. The van der Waals surface area contributed by atoms with Crippen molar-refractivity contribution in [2.45, 2.75) is 33.1 Å². The van der Waals surface area contributed by atoms with Gasteiger partial charge in [-0.1, -0.05) is 32.9 Å². The first-order valence-corrected chi connectivity index (χ1v) is 12.4. The summed E-state index contributed by atoms with van der Waals surface area (Å²) >= 11 is 0. The second-order valence-electron chi connectivity index (χ2n) is 8.89. The highest BCUT2D eigenvalue weighted by Crippen LogP contribution is 2.38. The molecule has 0 saturated heterocycles. The molecular weight excluding hydrogens is 469 g/mol. The van der Waals surface area contributed by atoms with Gasteiger partial charge in [-0.15, -0.1) is 0 Å². The van der Waals surface area contributed by atoms with E-state index >= 15 is 0 Å². The van der Waals surface area contributed by atoms with Gasteiger partial charge in [0.05, 0.1) is 12.8 Å². The third-order valence-corrected chi connectivity index (χ3v) is 5.72. The number of benzene rings is 2. The number of hydrogen-bond acceptors (Lipinski definition) is 4. The van der Waals surface area contributed by atoms with E-state index in [1.807, 2.05) is 33.8 Å². The van der Waals surface area contributed by atoms with Gasteiger partial charge in [-0.05, 0) is 47.7 Å². The van der Waals surface area contributed by atoms with E-state index in [0.29, 0.717) is 29.0 Å². The first-order valence-electron chi connectivity index (χ1n) is 10.9. The lowest BCUT2D eigenvalue weighted by molar-refractivity contribution is -0.116. The molecule has 0 saturated carbocycles. The van der Waals surface area contributed by atoms with Gasteiger partial charge < -0.3 is 14.8 Å². The molecule has 2 N–H and O–H groups in total. The third-order valence-electron chi connectivity index (χ3n) is 5.21. The van der Waals surface area contributed by atoms with Gasteiger partial charge in [0, 0.05) is 42.4 Å². The highest BCUT2D eigenvalue weighted by Gasteiger charge is 2.23. The second kappa shape index (κ2) is 11.8. The van der Waals surface area contributed by atoms with Crippen LogP contribution in [-0.2, 0) is 26.0 Å². The van der Waals surface area contributed by atoms with E-state index in [1.165, 1.54) is 36.5 Å². The van der Waals surface area contributed by atoms with Gasteiger partial charge in [0.25, 0.3) is 0 Å². The second-order valence-corrected chi connectivity index (χ2v) is 10.00. The molecule has 0 bridgehead atoms. The molecule has 0 fully saturated rings. The van der Waals surface area contributed by atoms with Crippen molar-refractivity contribution < 1.29 is 22.9 Å². The van der Waals surface area contributed by atoms with Crippen molar-refractivity contribution in [3.05, 3.63) is 64.6 Å². The van der Waals surface area contributed by atoms with E-state index in [9.17, 15) is 18.2 Å². The van der Waals surface area contributed by atoms with Crippen LogP contribution >= 0.6 is 0 Å². The van der Waals surface area contributed by atoms with Gasteiger partial charge >= 0.3 is 0 Å². The molecule has 2 aromatic carbocycles. The molecule has 2 aromatic rings. The molecular formula is C26H32FN3O4S. The van der Waals surface area contributed by atoms with Crippen molar-refractivity contribution in [1.29, 1.82) is 0 Å². The van der Waals surface area contributed by atoms with Crippen LogP contribution < -0.4 is 19.7 Å². The summed E-state index contributed by atoms with van der Waals surface area (Å²) in [4.78, 5) is 24.8. The molecule has 0 aliphatic heterocycles. The van der Waals surface area contributed by atoms with Crippen LogP contribution in [0.2, 0.25) is 0 Å². The molecule has 1 atom stereocenters. The predicted octanol–water partition coefficient (Wildman–Crippen LogP) is 4.54. The first-order chi connectivity index (χ1) is 16.4. The molecule has 0 radical (unpaired) electrons. The Balaban J connectivity index is 2.63. The van der Waals surface area contributed by atoms with Gasteiger partial charge in [0.2, 0.25) is 12.3 Å². The molecule has 2 amide bonds. The Morgan fingerprint density at radius 3 is 2.34 bits per heavy atom. The molecule has 0 spiro atoms. The summed E-state index contributed by atoms with van der Waals surface area (Å²) in [7, 11) is 1.68. The average molecular weight is 502 g/mol. The lowest BCUT2D eigenvalue weighted by Crippen LogP contribution is -2.20. The van der Waals surface area contributed by atoms with E-state index in [2.05, 4.69) is 10.0 Å². The minimum Gasteiger partial charge on any atom is -0.496 e. The zero-order chi connectivity index (χ0) is 26.3. The quantitative estimate of drug-likeness (QED) is 0.300. The summed E-state index contributed by atoms with van der Waals surface area (Å²) in [6.45, 7) is 7.90. The highest BCUT2D eigenvalue weighted by molar-refractivity contribution is 7.85. The van der Waals surface area contributed by atoms with Crippen molar-refractivity contribution in [3.8, 4) is 5.75 Å². The Morgan fingerprint density at radius 1 is 1.14 bits per heavy atom. The largest absolute Gasteiger partial charge is 0.496 e. The van der Waals surface area contributed by atoms with Crippen LogP contribution in [0.5, 0.6) is 5.75 Å². The number of halogens is 1. The summed E-state index contributed by atoms with van der Waals surface area (Å²) in [6.07, 6.45) is 8.23. The zero-order valence-corrected chi connectivity index (χ0v) is 21.9. The van der Waals surface area contributed by atoms with E-state index in [-0.39, 0.29) is 17.0 Å². The zero-order valence-electron chi connectivity index (χ0n) is 21.1. The summed E-state index contributed by atoms with van der Waals surface area (Å²) in [5.41, 5.74) is 3.32. The SMILES string of the molecule is CNC(=O)/C=C\N(C=O)c1cc(/C=C/c2cc(F)c(NS(C)=O)cc2C)c(OC)c(C(C)(C)C)c1. The first kappa shape index (κ1) is 27.8. The normalized spacial score (nSPS) is 12.6. The van der Waals surface area contributed by atoms with Gasteiger partial charge in [0.1, 0.15) is 22.6 Å². The Hall–Kier alpha value is -3.46. The number of methoxy groups -OCH3 is 1. The smallest absolute Gasteiger partial charge is 0.245 e. The third kappa shape index (κ3) is 7.26. The number of carbonyl (C=O) groups is 2. The maximum atomic E-state index is 14.5. The number of nitrogens with zero attached hydrogens (tertiary/aromatic N) is 1. The maximum Gasteiger partial charge on any atom is 0.245 e. The van der Waals surface area contributed by atoms with Gasteiger partial charge in [-0.2, -0.15) is 0 Å². The molecule has 0 aliphatic rings. The minimum absolute atomic E-state index is 0.166. The number of rotatable bonds is 9. The molecule has 0 aromatic heterocycles. The number of anilines is 2. The van der Waals surface area contributed by atoms with Crippen molar-refractivity contribution in [2.75, 3.05) is 30.0 Å². The van der Waals surface area contributed by atoms with Crippen LogP contribution in [-0.4, -0.2) is 36.9 Å². The van der Waals surface area contributed by atoms with E-state index in [1.54, 1.807) is 31.4 Å². The molecule has 9 heteroatoms. The summed E-state index contributed by atoms with van der Waals surface area (Å²) in [5.74, 6) is -0.242. The summed E-state index contributed by atoms with van der Waals surface area (Å²) in [5, 5.41) is 2.47. The van der Waals surface area contributed by atoms with Crippen molar-refractivity contribution in [3.63, 3.8) is 0 Å².